The van der Waals surface area contributed by atoms with Crippen molar-refractivity contribution in [3.05, 3.63) is 45.3 Å². The van der Waals surface area contributed by atoms with Crippen molar-refractivity contribution in [2.75, 3.05) is 4.72 Å². The maximum atomic E-state index is 12.3. The van der Waals surface area contributed by atoms with Gasteiger partial charge >= 0.3 is 5.97 Å². The molecular weight excluding hydrogens is 334 g/mol. The van der Waals surface area contributed by atoms with Crippen molar-refractivity contribution in [1.29, 1.82) is 0 Å². The first-order valence-corrected chi connectivity index (χ1v) is 8.51. The highest BCUT2D eigenvalue weighted by atomic mass is 35.5. The molecule has 0 unspecified atom stereocenters. The van der Waals surface area contributed by atoms with Gasteiger partial charge in [0.25, 0.3) is 10.0 Å². The SMILES string of the molecule is Cc1ccc(Cl)cc1NS(=O)(=O)c1cc(C)c(C(=O)O)s1. The molecule has 0 amide bonds. The lowest BCUT2D eigenvalue weighted by molar-refractivity contribution is 0.0701. The number of thiophene rings is 1. The van der Waals surface area contributed by atoms with Gasteiger partial charge in [0.2, 0.25) is 0 Å². The second kappa shape index (κ2) is 5.67. The maximum absolute atomic E-state index is 12.3. The maximum Gasteiger partial charge on any atom is 0.346 e. The van der Waals surface area contributed by atoms with Gasteiger partial charge in [0, 0.05) is 5.02 Å². The van der Waals surface area contributed by atoms with Crippen LogP contribution >= 0.6 is 22.9 Å². The summed E-state index contributed by atoms with van der Waals surface area (Å²) in [6.07, 6.45) is 0. The summed E-state index contributed by atoms with van der Waals surface area (Å²) in [5.41, 5.74) is 1.50. The molecule has 8 heteroatoms. The molecule has 0 saturated heterocycles. The van der Waals surface area contributed by atoms with E-state index in [9.17, 15) is 13.2 Å². The van der Waals surface area contributed by atoms with Crippen LogP contribution in [0.5, 0.6) is 0 Å². The van der Waals surface area contributed by atoms with E-state index in [2.05, 4.69) is 4.72 Å². The average molecular weight is 346 g/mol. The van der Waals surface area contributed by atoms with Gasteiger partial charge in [0.1, 0.15) is 9.09 Å². The van der Waals surface area contributed by atoms with E-state index in [0.717, 1.165) is 16.9 Å². The third-order valence-corrected chi connectivity index (χ3v) is 6.10. The molecule has 1 heterocycles. The van der Waals surface area contributed by atoms with Crippen LogP contribution in [0.3, 0.4) is 0 Å². The fraction of sp³-hybridized carbons (Fsp3) is 0.154. The van der Waals surface area contributed by atoms with Gasteiger partial charge in [-0.05, 0) is 43.2 Å². The molecule has 21 heavy (non-hydrogen) atoms. The minimum atomic E-state index is -3.84. The summed E-state index contributed by atoms with van der Waals surface area (Å²) in [7, 11) is -3.84. The Morgan fingerprint density at radius 1 is 1.24 bits per heavy atom. The molecule has 2 rings (SSSR count). The van der Waals surface area contributed by atoms with E-state index in [1.165, 1.54) is 12.1 Å². The minimum absolute atomic E-state index is 0.0122. The Bertz CT molecular complexity index is 812. The lowest BCUT2D eigenvalue weighted by atomic mass is 10.2. The predicted molar refractivity (Wildman–Crippen MR) is 83.0 cm³/mol. The largest absolute Gasteiger partial charge is 0.477 e. The van der Waals surface area contributed by atoms with Crippen molar-refractivity contribution in [3.63, 3.8) is 0 Å². The van der Waals surface area contributed by atoms with Gasteiger partial charge in [-0.15, -0.1) is 11.3 Å². The molecule has 1 aromatic heterocycles. The highest BCUT2D eigenvalue weighted by molar-refractivity contribution is 7.94. The first-order valence-electron chi connectivity index (χ1n) is 5.83. The van der Waals surface area contributed by atoms with Crippen LogP contribution < -0.4 is 4.72 Å². The number of carbonyl (C=O) groups is 1. The summed E-state index contributed by atoms with van der Waals surface area (Å²) in [6, 6.07) is 6.21. The van der Waals surface area contributed by atoms with Crippen LogP contribution in [0.1, 0.15) is 20.8 Å². The number of benzene rings is 1. The Morgan fingerprint density at radius 3 is 2.48 bits per heavy atom. The van der Waals surface area contributed by atoms with Crippen LogP contribution in [0.4, 0.5) is 5.69 Å². The molecule has 1 aromatic carbocycles. The fourth-order valence-electron chi connectivity index (χ4n) is 1.70. The number of carboxylic acid groups (broad SMARTS) is 1. The fourth-order valence-corrected chi connectivity index (χ4v) is 4.37. The summed E-state index contributed by atoms with van der Waals surface area (Å²) in [5.74, 6) is -1.14. The number of rotatable bonds is 4. The zero-order valence-electron chi connectivity index (χ0n) is 11.2. The molecule has 0 spiro atoms. The number of aryl methyl sites for hydroxylation is 2. The molecule has 0 aliphatic rings. The molecule has 0 bridgehead atoms. The van der Waals surface area contributed by atoms with Crippen LogP contribution in [0.2, 0.25) is 5.02 Å². The van der Waals surface area contributed by atoms with Gasteiger partial charge in [0.15, 0.2) is 0 Å². The first-order chi connectivity index (χ1) is 9.70. The number of carboxylic acids is 1. The molecule has 0 atom stereocenters. The van der Waals surface area contributed by atoms with Gasteiger partial charge < -0.3 is 5.11 Å². The molecular formula is C13H12ClNO4S2. The zero-order valence-corrected chi connectivity index (χ0v) is 13.6. The van der Waals surface area contributed by atoms with E-state index in [0.29, 0.717) is 16.3 Å². The van der Waals surface area contributed by atoms with Crippen LogP contribution in [0.15, 0.2) is 28.5 Å². The summed E-state index contributed by atoms with van der Waals surface area (Å²) in [5, 5.41) is 9.40. The van der Waals surface area contributed by atoms with Crippen molar-refractivity contribution in [2.45, 2.75) is 18.1 Å². The van der Waals surface area contributed by atoms with Crippen molar-refractivity contribution in [2.24, 2.45) is 0 Å². The molecule has 0 saturated carbocycles. The summed E-state index contributed by atoms with van der Waals surface area (Å²) in [6.45, 7) is 3.31. The predicted octanol–water partition coefficient (Wildman–Crippen LogP) is 3.52. The summed E-state index contributed by atoms with van der Waals surface area (Å²) in [4.78, 5) is 11.0. The lowest BCUT2D eigenvalue weighted by Gasteiger charge is -2.09. The van der Waals surface area contributed by atoms with Gasteiger partial charge in [-0.3, -0.25) is 4.72 Å². The number of hydrogen-bond donors (Lipinski definition) is 2. The highest BCUT2D eigenvalue weighted by Gasteiger charge is 2.22. The van der Waals surface area contributed by atoms with Crippen LogP contribution in [-0.4, -0.2) is 19.5 Å². The molecule has 2 N–H and O–H groups in total. The van der Waals surface area contributed by atoms with Gasteiger partial charge in [-0.25, -0.2) is 13.2 Å². The normalized spacial score (nSPS) is 11.4. The second-order valence-electron chi connectivity index (χ2n) is 4.45. The van der Waals surface area contributed by atoms with E-state index in [1.54, 1.807) is 26.0 Å². The number of sulfonamides is 1. The third kappa shape index (κ3) is 3.37. The number of nitrogens with one attached hydrogen (secondary N) is 1. The molecule has 112 valence electrons. The second-order valence-corrected chi connectivity index (χ2v) is 7.85. The standard InChI is InChI=1S/C13H12ClNO4S2/c1-7-3-4-9(14)6-10(7)15-21(18,19)11-5-8(2)12(20-11)13(16)17/h3-6,15H,1-2H3,(H,16,17). The Morgan fingerprint density at radius 2 is 1.90 bits per heavy atom. The first kappa shape index (κ1) is 15.8. The van der Waals surface area contributed by atoms with Crippen molar-refractivity contribution >= 4 is 44.6 Å². The number of aromatic carboxylic acids is 1. The van der Waals surface area contributed by atoms with Gasteiger partial charge in [0.05, 0.1) is 5.69 Å². The number of hydrogen-bond acceptors (Lipinski definition) is 4. The molecule has 5 nitrogen and oxygen atoms in total. The minimum Gasteiger partial charge on any atom is -0.477 e. The Labute approximate surface area is 131 Å². The zero-order chi connectivity index (χ0) is 15.8. The lowest BCUT2D eigenvalue weighted by Crippen LogP contribution is -2.12. The average Bonchev–Trinajstić information content (AvgIpc) is 2.77. The van der Waals surface area contributed by atoms with Gasteiger partial charge in [-0.2, -0.15) is 0 Å². The highest BCUT2D eigenvalue weighted by Crippen LogP contribution is 2.29. The van der Waals surface area contributed by atoms with Crippen molar-refractivity contribution in [3.8, 4) is 0 Å². The summed E-state index contributed by atoms with van der Waals surface area (Å²) < 4.78 is 27.0. The van der Waals surface area contributed by atoms with Crippen molar-refractivity contribution in [1.82, 2.24) is 0 Å². The van der Waals surface area contributed by atoms with E-state index in [4.69, 9.17) is 16.7 Å². The molecule has 0 aliphatic carbocycles. The Balaban J connectivity index is 2.41. The topological polar surface area (TPSA) is 83.5 Å². The van der Waals surface area contributed by atoms with Crippen LogP contribution in [-0.2, 0) is 10.0 Å². The Kier molecular flexibility index (Phi) is 4.27. The smallest absolute Gasteiger partial charge is 0.346 e. The number of halogens is 1. The quantitative estimate of drug-likeness (QED) is 0.888. The molecule has 2 aromatic rings. The summed E-state index contributed by atoms with van der Waals surface area (Å²) >= 11 is 6.57. The van der Waals surface area contributed by atoms with Crippen molar-refractivity contribution < 1.29 is 18.3 Å². The third-order valence-electron chi connectivity index (χ3n) is 2.80. The van der Waals surface area contributed by atoms with Crippen LogP contribution in [0.25, 0.3) is 0 Å². The molecule has 0 fully saturated rings. The Hall–Kier alpha value is -1.57. The van der Waals surface area contributed by atoms with E-state index in [1.807, 2.05) is 0 Å². The van der Waals surface area contributed by atoms with Gasteiger partial charge in [-0.1, -0.05) is 17.7 Å². The van der Waals surface area contributed by atoms with E-state index >= 15 is 0 Å². The number of anilines is 1. The van der Waals surface area contributed by atoms with E-state index in [-0.39, 0.29) is 9.09 Å². The van der Waals surface area contributed by atoms with Crippen LogP contribution in [0, 0.1) is 13.8 Å². The molecule has 0 aliphatic heterocycles. The monoisotopic (exact) mass is 345 g/mol. The van der Waals surface area contributed by atoms with E-state index < -0.39 is 16.0 Å². The molecule has 0 radical (unpaired) electrons.